The summed E-state index contributed by atoms with van der Waals surface area (Å²) in [6.07, 6.45) is -0.731. The zero-order chi connectivity index (χ0) is 25.6. The van der Waals surface area contributed by atoms with Gasteiger partial charge in [-0.15, -0.1) is 0 Å². The lowest BCUT2D eigenvalue weighted by Crippen LogP contribution is -2.41. The highest BCUT2D eigenvalue weighted by atomic mass is 19.4. The summed E-state index contributed by atoms with van der Waals surface area (Å²) in [6.45, 7) is 1.80. The molecule has 5 rings (SSSR count). The molecule has 0 bridgehead atoms. The second kappa shape index (κ2) is 9.20. The largest absolute Gasteiger partial charge is 0.422 e. The standard InChI is InChI=1S/C24H26F3N7O2/c1-32(18-4-3-15-21(24(25,26)27)23(36)31-30-22(15)18)9-8-20(35)34-11-7-16-17(34)6-10-33(16)19-5-2-14(12-28)13-29-19/h2,5,13,16-18H,3-4,6-11H2,1H3,(H,31,36). The van der Waals surface area contributed by atoms with E-state index < -0.39 is 17.3 Å². The van der Waals surface area contributed by atoms with Gasteiger partial charge in [-0.1, -0.05) is 0 Å². The van der Waals surface area contributed by atoms with Crippen LogP contribution in [0, 0.1) is 11.3 Å². The first-order valence-corrected chi connectivity index (χ1v) is 12.0. The zero-order valence-electron chi connectivity index (χ0n) is 19.8. The molecule has 0 aromatic carbocycles. The van der Waals surface area contributed by atoms with E-state index >= 15 is 0 Å². The van der Waals surface area contributed by atoms with E-state index in [2.05, 4.69) is 21.1 Å². The number of nitrogens with zero attached hydrogens (tertiary/aromatic N) is 6. The summed E-state index contributed by atoms with van der Waals surface area (Å²) >= 11 is 0. The van der Waals surface area contributed by atoms with E-state index in [9.17, 15) is 22.8 Å². The van der Waals surface area contributed by atoms with Gasteiger partial charge in [0.05, 0.1) is 29.4 Å². The predicted molar refractivity (Wildman–Crippen MR) is 123 cm³/mol. The number of halogens is 3. The van der Waals surface area contributed by atoms with E-state index in [0.29, 0.717) is 25.1 Å². The van der Waals surface area contributed by atoms with Crippen molar-refractivity contribution in [3.05, 3.63) is 51.1 Å². The number of alkyl halides is 3. The summed E-state index contributed by atoms with van der Waals surface area (Å²) in [6, 6.07) is 5.53. The van der Waals surface area contributed by atoms with Crippen LogP contribution in [-0.4, -0.2) is 69.7 Å². The number of likely N-dealkylation sites (tertiary alicyclic amines) is 1. The molecule has 1 amide bonds. The SMILES string of the molecule is CN(CCC(=O)N1CCC2C1CCN2c1ccc(C#N)cn1)C1CCc2c1n[nH]c(=O)c2C(F)(F)F. The summed E-state index contributed by atoms with van der Waals surface area (Å²) in [5.41, 5.74) is -1.68. The Morgan fingerprint density at radius 2 is 2.03 bits per heavy atom. The summed E-state index contributed by atoms with van der Waals surface area (Å²) in [7, 11) is 1.77. The summed E-state index contributed by atoms with van der Waals surface area (Å²) in [5, 5.41) is 14.9. The highest BCUT2D eigenvalue weighted by molar-refractivity contribution is 5.77. The van der Waals surface area contributed by atoms with Gasteiger partial charge in [-0.3, -0.25) is 14.5 Å². The Kier molecular flexibility index (Phi) is 6.20. The molecule has 2 fully saturated rings. The number of hydrogen-bond donors (Lipinski definition) is 1. The first kappa shape index (κ1) is 24.2. The van der Waals surface area contributed by atoms with Crippen molar-refractivity contribution in [2.24, 2.45) is 0 Å². The van der Waals surface area contributed by atoms with Gasteiger partial charge in [-0.05, 0) is 50.4 Å². The third-order valence-electron chi connectivity index (χ3n) is 7.66. The molecule has 2 saturated heterocycles. The van der Waals surface area contributed by atoms with Gasteiger partial charge >= 0.3 is 6.18 Å². The van der Waals surface area contributed by atoms with Crippen molar-refractivity contribution in [3.63, 3.8) is 0 Å². The van der Waals surface area contributed by atoms with Crippen molar-refractivity contribution >= 4 is 11.7 Å². The second-order valence-corrected chi connectivity index (χ2v) is 9.58. The van der Waals surface area contributed by atoms with Gasteiger partial charge in [0.25, 0.3) is 5.56 Å². The van der Waals surface area contributed by atoms with Gasteiger partial charge in [0, 0.05) is 32.3 Å². The molecule has 0 saturated carbocycles. The maximum absolute atomic E-state index is 13.4. The molecule has 12 heteroatoms. The normalized spacial score (nSPS) is 23.2. The van der Waals surface area contributed by atoms with E-state index in [4.69, 9.17) is 5.26 Å². The number of pyridine rings is 1. The molecule has 3 unspecified atom stereocenters. The molecular formula is C24H26F3N7O2. The number of nitriles is 1. The number of anilines is 1. The van der Waals surface area contributed by atoms with Gasteiger partial charge in [0.2, 0.25) is 5.91 Å². The average Bonchev–Trinajstić information content (AvgIpc) is 3.56. The molecule has 3 aliphatic rings. The molecule has 190 valence electrons. The van der Waals surface area contributed by atoms with E-state index in [1.807, 2.05) is 21.0 Å². The highest BCUT2D eigenvalue weighted by Crippen LogP contribution is 2.39. The minimum Gasteiger partial charge on any atom is -0.351 e. The first-order valence-electron chi connectivity index (χ1n) is 12.0. The number of nitrogens with one attached hydrogen (secondary N) is 1. The van der Waals surface area contributed by atoms with Crippen LogP contribution in [0.5, 0.6) is 0 Å². The third-order valence-corrected chi connectivity index (χ3v) is 7.66. The average molecular weight is 502 g/mol. The topological polar surface area (TPSA) is 109 Å². The fourth-order valence-electron chi connectivity index (χ4n) is 5.95. The van der Waals surface area contributed by atoms with Crippen LogP contribution in [0.15, 0.2) is 23.1 Å². The fourth-order valence-corrected chi connectivity index (χ4v) is 5.95. The first-order chi connectivity index (χ1) is 17.2. The third kappa shape index (κ3) is 4.21. The van der Waals surface area contributed by atoms with Crippen LogP contribution in [0.25, 0.3) is 0 Å². The number of hydrogen-bond acceptors (Lipinski definition) is 7. The summed E-state index contributed by atoms with van der Waals surface area (Å²) < 4.78 is 40.2. The molecule has 4 heterocycles. The second-order valence-electron chi connectivity index (χ2n) is 9.58. The van der Waals surface area contributed by atoms with Gasteiger partial charge < -0.3 is 9.80 Å². The quantitative estimate of drug-likeness (QED) is 0.669. The molecule has 3 atom stereocenters. The van der Waals surface area contributed by atoms with Crippen LogP contribution >= 0.6 is 0 Å². The van der Waals surface area contributed by atoms with Crippen LogP contribution in [0.4, 0.5) is 19.0 Å². The predicted octanol–water partition coefficient (Wildman–Crippen LogP) is 2.24. The lowest BCUT2D eigenvalue weighted by atomic mass is 10.1. The Labute approximate surface area is 205 Å². The van der Waals surface area contributed by atoms with Crippen molar-refractivity contribution in [1.29, 1.82) is 5.26 Å². The summed E-state index contributed by atoms with van der Waals surface area (Å²) in [4.78, 5) is 35.3. The monoisotopic (exact) mass is 501 g/mol. The molecule has 2 aromatic rings. The van der Waals surface area contributed by atoms with Gasteiger partial charge in [-0.2, -0.15) is 23.5 Å². The smallest absolute Gasteiger partial charge is 0.351 e. The van der Waals surface area contributed by atoms with Crippen LogP contribution in [-0.2, 0) is 17.4 Å². The zero-order valence-corrected chi connectivity index (χ0v) is 19.8. The Hall–Kier alpha value is -3.46. The van der Waals surface area contributed by atoms with Crippen LogP contribution in [0.1, 0.15) is 54.1 Å². The molecule has 9 nitrogen and oxygen atoms in total. The molecule has 0 radical (unpaired) electrons. The number of aromatic amines is 1. The number of carbonyl (C=O) groups excluding carboxylic acids is 1. The van der Waals surface area contributed by atoms with Crippen molar-refractivity contribution in [1.82, 2.24) is 25.0 Å². The van der Waals surface area contributed by atoms with Crippen molar-refractivity contribution in [2.45, 2.75) is 56.4 Å². The van der Waals surface area contributed by atoms with E-state index in [1.165, 1.54) is 0 Å². The van der Waals surface area contributed by atoms with E-state index in [0.717, 1.165) is 25.2 Å². The highest BCUT2D eigenvalue weighted by Gasteiger charge is 2.45. The van der Waals surface area contributed by atoms with E-state index in [-0.39, 0.29) is 48.1 Å². The number of aromatic nitrogens is 3. The minimum absolute atomic E-state index is 0.0209. The molecular weight excluding hydrogens is 475 g/mol. The van der Waals surface area contributed by atoms with Gasteiger partial charge in [0.1, 0.15) is 17.5 Å². The maximum atomic E-state index is 13.4. The maximum Gasteiger partial charge on any atom is 0.422 e. The van der Waals surface area contributed by atoms with Crippen molar-refractivity contribution in [2.75, 3.05) is 31.6 Å². The Balaban J connectivity index is 1.21. The van der Waals surface area contributed by atoms with Crippen molar-refractivity contribution in [3.8, 4) is 6.07 Å². The van der Waals surface area contributed by atoms with Gasteiger partial charge in [-0.25, -0.2) is 10.1 Å². The number of amides is 1. The molecule has 2 aromatic heterocycles. The number of H-pyrrole nitrogens is 1. The fraction of sp³-hybridized carbons (Fsp3) is 0.542. The molecule has 1 aliphatic carbocycles. The molecule has 0 spiro atoms. The Bertz CT molecular complexity index is 1250. The minimum atomic E-state index is -4.74. The molecule has 1 N–H and O–H groups in total. The number of carbonyl (C=O) groups is 1. The number of fused-ring (bicyclic) bond motifs is 2. The summed E-state index contributed by atoms with van der Waals surface area (Å²) in [5.74, 6) is 0.826. The Morgan fingerprint density at radius 1 is 1.25 bits per heavy atom. The van der Waals surface area contributed by atoms with E-state index in [1.54, 1.807) is 19.3 Å². The number of rotatable bonds is 5. The molecule has 2 aliphatic heterocycles. The van der Waals surface area contributed by atoms with Crippen LogP contribution < -0.4 is 10.5 Å². The lowest BCUT2D eigenvalue weighted by Gasteiger charge is -2.28. The lowest BCUT2D eigenvalue weighted by molar-refractivity contribution is -0.139. The van der Waals surface area contributed by atoms with Crippen molar-refractivity contribution < 1.29 is 18.0 Å². The van der Waals surface area contributed by atoms with Crippen LogP contribution in [0.2, 0.25) is 0 Å². The Morgan fingerprint density at radius 3 is 2.72 bits per heavy atom. The van der Waals surface area contributed by atoms with Gasteiger partial charge in [0.15, 0.2) is 0 Å². The van der Waals surface area contributed by atoms with Crippen LogP contribution in [0.3, 0.4) is 0 Å². The molecule has 36 heavy (non-hydrogen) atoms.